The second-order valence-electron chi connectivity index (χ2n) is 3.13. The van der Waals surface area contributed by atoms with Crippen LogP contribution >= 0.6 is 0 Å². The van der Waals surface area contributed by atoms with Crippen molar-refractivity contribution in [2.45, 2.75) is 13.0 Å². The zero-order valence-corrected chi connectivity index (χ0v) is 7.66. The molecule has 0 saturated carbocycles. The molecule has 1 N–H and O–H groups in total. The average molecular weight is 175 g/mol. The molecular weight excluding hydrogens is 162 g/mol. The number of hydroxylamine groups is 1. The molecule has 1 aliphatic rings. The van der Waals surface area contributed by atoms with Crippen LogP contribution in [0.2, 0.25) is 0 Å². The zero-order chi connectivity index (χ0) is 9.10. The molecule has 2 nitrogen and oxygen atoms in total. The van der Waals surface area contributed by atoms with Crippen molar-refractivity contribution >= 4 is 5.57 Å². The molecule has 2 rings (SSSR count). The number of hydrogen-bond donors (Lipinski definition) is 1. The molecule has 0 spiro atoms. The first kappa shape index (κ1) is 8.48. The molecule has 0 aliphatic carbocycles. The number of benzene rings is 1. The van der Waals surface area contributed by atoms with Crippen molar-refractivity contribution in [3.8, 4) is 0 Å². The Kier molecular flexibility index (Phi) is 2.43. The van der Waals surface area contributed by atoms with Gasteiger partial charge in [-0.15, -0.1) is 0 Å². The van der Waals surface area contributed by atoms with Gasteiger partial charge in [-0.05, 0) is 18.1 Å². The average Bonchev–Trinajstić information content (AvgIpc) is 2.20. The summed E-state index contributed by atoms with van der Waals surface area (Å²) >= 11 is 0. The fourth-order valence-electron chi connectivity index (χ4n) is 1.54. The van der Waals surface area contributed by atoms with Crippen LogP contribution in [0.1, 0.15) is 12.5 Å². The van der Waals surface area contributed by atoms with Gasteiger partial charge in [-0.25, -0.2) is 0 Å². The summed E-state index contributed by atoms with van der Waals surface area (Å²) in [5.41, 5.74) is 5.37. The molecule has 0 bridgehead atoms. The largest absolute Gasteiger partial charge is 0.294 e. The third kappa shape index (κ3) is 1.79. The third-order valence-electron chi connectivity index (χ3n) is 2.21. The van der Waals surface area contributed by atoms with Crippen molar-refractivity contribution in [2.24, 2.45) is 0 Å². The third-order valence-corrected chi connectivity index (χ3v) is 2.21. The fraction of sp³-hybridized carbons (Fsp3) is 0.273. The lowest BCUT2D eigenvalue weighted by molar-refractivity contribution is 0.0148. The van der Waals surface area contributed by atoms with Crippen LogP contribution in [0.5, 0.6) is 0 Å². The van der Waals surface area contributed by atoms with Gasteiger partial charge in [0.1, 0.15) is 6.10 Å². The van der Waals surface area contributed by atoms with Crippen LogP contribution in [0.25, 0.3) is 5.57 Å². The minimum absolute atomic E-state index is 0.135. The molecule has 0 saturated heterocycles. The van der Waals surface area contributed by atoms with Crippen LogP contribution in [0.15, 0.2) is 36.4 Å². The predicted molar refractivity (Wildman–Crippen MR) is 53.0 cm³/mol. The van der Waals surface area contributed by atoms with E-state index in [-0.39, 0.29) is 6.10 Å². The van der Waals surface area contributed by atoms with E-state index < -0.39 is 0 Å². The highest BCUT2D eigenvalue weighted by Gasteiger charge is 2.14. The monoisotopic (exact) mass is 175 g/mol. The van der Waals surface area contributed by atoms with E-state index in [1.165, 1.54) is 11.1 Å². The van der Waals surface area contributed by atoms with Crippen LogP contribution in [0, 0.1) is 0 Å². The molecule has 13 heavy (non-hydrogen) atoms. The summed E-state index contributed by atoms with van der Waals surface area (Å²) in [5.74, 6) is 0. The molecular formula is C11H13NO. The second kappa shape index (κ2) is 3.73. The molecule has 0 fully saturated rings. The summed E-state index contributed by atoms with van der Waals surface area (Å²) < 4.78 is 0. The van der Waals surface area contributed by atoms with Crippen molar-refractivity contribution in [3.05, 3.63) is 42.0 Å². The van der Waals surface area contributed by atoms with E-state index in [4.69, 9.17) is 4.84 Å². The van der Waals surface area contributed by atoms with E-state index in [1.807, 2.05) is 25.1 Å². The summed E-state index contributed by atoms with van der Waals surface area (Å²) in [6.45, 7) is 2.83. The van der Waals surface area contributed by atoms with Gasteiger partial charge >= 0.3 is 0 Å². The van der Waals surface area contributed by atoms with E-state index >= 15 is 0 Å². The van der Waals surface area contributed by atoms with Crippen molar-refractivity contribution in [2.75, 3.05) is 6.54 Å². The van der Waals surface area contributed by atoms with Crippen LogP contribution in [0.4, 0.5) is 0 Å². The summed E-state index contributed by atoms with van der Waals surface area (Å²) in [5, 5.41) is 0. The Bertz CT molecular complexity index is 305. The van der Waals surface area contributed by atoms with Gasteiger partial charge < -0.3 is 0 Å². The summed E-state index contributed by atoms with van der Waals surface area (Å²) in [6, 6.07) is 10.3. The number of hydrogen-bond acceptors (Lipinski definition) is 2. The Balaban J connectivity index is 2.30. The zero-order valence-electron chi connectivity index (χ0n) is 7.66. The van der Waals surface area contributed by atoms with E-state index in [0.717, 1.165) is 6.54 Å². The molecule has 68 valence electrons. The number of nitrogens with one attached hydrogen (secondary N) is 1. The second-order valence-corrected chi connectivity index (χ2v) is 3.13. The normalized spacial score (nSPS) is 22.5. The maximum Gasteiger partial charge on any atom is 0.101 e. The van der Waals surface area contributed by atoms with Gasteiger partial charge in [0, 0.05) is 6.54 Å². The Hall–Kier alpha value is -1.12. The van der Waals surface area contributed by atoms with Crippen molar-refractivity contribution in [1.82, 2.24) is 5.48 Å². The van der Waals surface area contributed by atoms with Crippen molar-refractivity contribution < 1.29 is 4.84 Å². The van der Waals surface area contributed by atoms with Crippen LogP contribution < -0.4 is 5.48 Å². The number of rotatable bonds is 1. The van der Waals surface area contributed by atoms with Gasteiger partial charge in [0.05, 0.1) is 0 Å². The quantitative estimate of drug-likeness (QED) is 0.704. The van der Waals surface area contributed by atoms with Gasteiger partial charge in [0.15, 0.2) is 0 Å². The Morgan fingerprint density at radius 3 is 2.77 bits per heavy atom. The highest BCUT2D eigenvalue weighted by Crippen LogP contribution is 2.21. The lowest BCUT2D eigenvalue weighted by atomic mass is 10.0. The Labute approximate surface area is 78.2 Å². The van der Waals surface area contributed by atoms with Crippen LogP contribution in [0.3, 0.4) is 0 Å². The van der Waals surface area contributed by atoms with E-state index in [9.17, 15) is 0 Å². The minimum atomic E-state index is 0.135. The first-order chi connectivity index (χ1) is 6.38. The van der Waals surface area contributed by atoms with Crippen molar-refractivity contribution in [1.29, 1.82) is 0 Å². The first-order valence-corrected chi connectivity index (χ1v) is 4.52. The lowest BCUT2D eigenvalue weighted by Crippen LogP contribution is -2.28. The minimum Gasteiger partial charge on any atom is -0.294 e. The Morgan fingerprint density at radius 1 is 1.31 bits per heavy atom. The topological polar surface area (TPSA) is 21.3 Å². The SMILES string of the molecule is CC1ONCC=C1c1ccccc1. The molecule has 0 radical (unpaired) electrons. The van der Waals surface area contributed by atoms with Crippen LogP contribution in [-0.2, 0) is 4.84 Å². The molecule has 2 heteroatoms. The molecule has 0 amide bonds. The molecule has 0 aromatic heterocycles. The van der Waals surface area contributed by atoms with Gasteiger partial charge in [0.2, 0.25) is 0 Å². The highest BCUT2D eigenvalue weighted by molar-refractivity contribution is 5.69. The van der Waals surface area contributed by atoms with E-state index in [2.05, 4.69) is 23.7 Å². The smallest absolute Gasteiger partial charge is 0.101 e. The standard InChI is InChI=1S/C11H13NO/c1-9-11(7-8-12-13-9)10-5-3-2-4-6-10/h2-7,9,12H,8H2,1H3. The fourth-order valence-corrected chi connectivity index (χ4v) is 1.54. The van der Waals surface area contributed by atoms with Gasteiger partial charge in [-0.1, -0.05) is 36.4 Å². The molecule has 1 atom stereocenters. The van der Waals surface area contributed by atoms with Gasteiger partial charge in [-0.3, -0.25) is 4.84 Å². The lowest BCUT2D eigenvalue weighted by Gasteiger charge is -2.21. The molecule has 1 heterocycles. The molecule has 1 aromatic rings. The summed E-state index contributed by atoms with van der Waals surface area (Å²) in [7, 11) is 0. The molecule has 1 unspecified atom stereocenters. The maximum atomic E-state index is 5.33. The van der Waals surface area contributed by atoms with E-state index in [1.54, 1.807) is 0 Å². The molecule has 1 aliphatic heterocycles. The van der Waals surface area contributed by atoms with Crippen LogP contribution in [-0.4, -0.2) is 12.6 Å². The summed E-state index contributed by atoms with van der Waals surface area (Å²) in [6.07, 6.45) is 2.31. The van der Waals surface area contributed by atoms with E-state index in [0.29, 0.717) is 0 Å². The maximum absolute atomic E-state index is 5.33. The van der Waals surface area contributed by atoms with Crippen molar-refractivity contribution in [3.63, 3.8) is 0 Å². The molecule has 1 aromatic carbocycles. The first-order valence-electron chi connectivity index (χ1n) is 4.52. The van der Waals surface area contributed by atoms with Gasteiger partial charge in [0.25, 0.3) is 0 Å². The Morgan fingerprint density at radius 2 is 2.08 bits per heavy atom. The predicted octanol–water partition coefficient (Wildman–Crippen LogP) is 1.99. The summed E-state index contributed by atoms with van der Waals surface area (Å²) in [4.78, 5) is 5.33. The van der Waals surface area contributed by atoms with Gasteiger partial charge in [-0.2, -0.15) is 5.48 Å². The highest BCUT2D eigenvalue weighted by atomic mass is 16.7.